The van der Waals surface area contributed by atoms with E-state index in [4.69, 9.17) is 4.74 Å². The molecule has 2 heteroatoms. The van der Waals surface area contributed by atoms with Crippen LogP contribution in [0.15, 0.2) is 18.2 Å². The van der Waals surface area contributed by atoms with Gasteiger partial charge in [0.25, 0.3) is 0 Å². The van der Waals surface area contributed by atoms with Gasteiger partial charge >= 0.3 is 0 Å². The molecule has 0 heterocycles. The molecule has 0 aromatic heterocycles. The van der Waals surface area contributed by atoms with E-state index in [-0.39, 0.29) is 0 Å². The maximum Gasteiger partial charge on any atom is 0.122 e. The summed E-state index contributed by atoms with van der Waals surface area (Å²) in [4.78, 5) is 0. The van der Waals surface area contributed by atoms with Gasteiger partial charge in [-0.1, -0.05) is 38.8 Å². The van der Waals surface area contributed by atoms with E-state index in [0.29, 0.717) is 5.92 Å². The van der Waals surface area contributed by atoms with Gasteiger partial charge in [0.15, 0.2) is 0 Å². The average Bonchev–Trinajstić information content (AvgIpc) is 2.91. The second-order valence-corrected chi connectivity index (χ2v) is 5.92. The van der Waals surface area contributed by atoms with Gasteiger partial charge in [-0.05, 0) is 48.9 Å². The van der Waals surface area contributed by atoms with Gasteiger partial charge in [0.1, 0.15) is 5.75 Å². The highest BCUT2D eigenvalue weighted by Crippen LogP contribution is 2.27. The van der Waals surface area contributed by atoms with Gasteiger partial charge in [-0.25, -0.2) is 0 Å². The second-order valence-electron chi connectivity index (χ2n) is 5.92. The first-order chi connectivity index (χ1) is 9.20. The molecule has 0 unspecified atom stereocenters. The normalized spacial score (nSPS) is 16.2. The van der Waals surface area contributed by atoms with Crippen molar-refractivity contribution < 1.29 is 4.74 Å². The molecule has 106 valence electrons. The number of methoxy groups -OCH3 is 1. The molecule has 2 rings (SSSR count). The molecule has 0 aliphatic heterocycles. The van der Waals surface area contributed by atoms with Crippen LogP contribution in [-0.2, 0) is 6.42 Å². The van der Waals surface area contributed by atoms with Crippen molar-refractivity contribution in [1.82, 2.24) is 5.32 Å². The molecule has 0 bridgehead atoms. The summed E-state index contributed by atoms with van der Waals surface area (Å²) < 4.78 is 5.43. The predicted octanol–water partition coefficient (Wildman–Crippen LogP) is 3.89. The quantitative estimate of drug-likeness (QED) is 0.838. The highest BCUT2D eigenvalue weighted by Gasteiger charge is 2.13. The number of benzene rings is 1. The maximum absolute atomic E-state index is 5.43. The van der Waals surface area contributed by atoms with Gasteiger partial charge in [0.05, 0.1) is 7.11 Å². The molecule has 19 heavy (non-hydrogen) atoms. The lowest BCUT2D eigenvalue weighted by molar-refractivity contribution is 0.407. The van der Waals surface area contributed by atoms with Crippen LogP contribution in [0, 0.1) is 0 Å². The lowest BCUT2D eigenvalue weighted by atomic mass is 9.98. The highest BCUT2D eigenvalue weighted by atomic mass is 16.5. The van der Waals surface area contributed by atoms with E-state index in [1.807, 2.05) is 0 Å². The van der Waals surface area contributed by atoms with Crippen LogP contribution in [0.5, 0.6) is 5.75 Å². The molecular formula is C17H27NO. The molecule has 1 saturated carbocycles. The molecule has 1 aromatic carbocycles. The van der Waals surface area contributed by atoms with E-state index >= 15 is 0 Å². The fraction of sp³-hybridized carbons (Fsp3) is 0.647. The standard InChI is InChI=1S/C17H27NO/c1-13(2)16-12-14(8-9-17(16)19-3)10-11-18-15-6-4-5-7-15/h8-9,12-13,15,18H,4-7,10-11H2,1-3H3. The highest BCUT2D eigenvalue weighted by molar-refractivity contribution is 5.39. The second kappa shape index (κ2) is 6.95. The summed E-state index contributed by atoms with van der Waals surface area (Å²) in [5.74, 6) is 1.53. The van der Waals surface area contributed by atoms with Gasteiger partial charge in [-0.3, -0.25) is 0 Å². The van der Waals surface area contributed by atoms with Crippen LogP contribution in [0.4, 0.5) is 0 Å². The molecule has 0 amide bonds. The van der Waals surface area contributed by atoms with Gasteiger partial charge in [0.2, 0.25) is 0 Å². The fourth-order valence-electron chi connectivity index (χ4n) is 2.94. The molecule has 0 spiro atoms. The van der Waals surface area contributed by atoms with Crippen LogP contribution < -0.4 is 10.1 Å². The number of hydrogen-bond donors (Lipinski definition) is 1. The minimum atomic E-state index is 0.512. The zero-order chi connectivity index (χ0) is 13.7. The Kier molecular flexibility index (Phi) is 5.26. The Bertz CT molecular complexity index is 394. The van der Waals surface area contributed by atoms with E-state index in [9.17, 15) is 0 Å². The zero-order valence-electron chi connectivity index (χ0n) is 12.5. The van der Waals surface area contributed by atoms with Gasteiger partial charge in [-0.15, -0.1) is 0 Å². The van der Waals surface area contributed by atoms with Crippen LogP contribution in [-0.4, -0.2) is 19.7 Å². The van der Waals surface area contributed by atoms with Crippen LogP contribution in [0.25, 0.3) is 0 Å². The molecule has 1 aromatic rings. The molecular weight excluding hydrogens is 234 g/mol. The molecule has 0 radical (unpaired) electrons. The van der Waals surface area contributed by atoms with E-state index in [1.165, 1.54) is 36.8 Å². The van der Waals surface area contributed by atoms with Crippen LogP contribution in [0.1, 0.15) is 56.6 Å². The summed E-state index contributed by atoms with van der Waals surface area (Å²) in [6, 6.07) is 7.38. The molecule has 1 aliphatic carbocycles. The van der Waals surface area contributed by atoms with E-state index in [0.717, 1.165) is 24.8 Å². The summed E-state index contributed by atoms with van der Waals surface area (Å²) in [7, 11) is 1.75. The Morgan fingerprint density at radius 2 is 2.00 bits per heavy atom. The Morgan fingerprint density at radius 1 is 1.26 bits per heavy atom. The van der Waals surface area contributed by atoms with Crippen molar-refractivity contribution in [1.29, 1.82) is 0 Å². The maximum atomic E-state index is 5.43. The van der Waals surface area contributed by atoms with Crippen LogP contribution >= 0.6 is 0 Å². The third kappa shape index (κ3) is 3.97. The SMILES string of the molecule is COc1ccc(CCNC2CCCC2)cc1C(C)C. The minimum absolute atomic E-state index is 0.512. The molecule has 1 aliphatic rings. The number of hydrogen-bond acceptors (Lipinski definition) is 2. The largest absolute Gasteiger partial charge is 0.496 e. The van der Waals surface area contributed by atoms with E-state index in [1.54, 1.807) is 7.11 Å². The lowest BCUT2D eigenvalue weighted by Crippen LogP contribution is -2.28. The smallest absolute Gasteiger partial charge is 0.122 e. The van der Waals surface area contributed by atoms with Crippen molar-refractivity contribution in [3.05, 3.63) is 29.3 Å². The van der Waals surface area contributed by atoms with Crippen molar-refractivity contribution in [3.63, 3.8) is 0 Å². The summed E-state index contributed by atoms with van der Waals surface area (Å²) >= 11 is 0. The monoisotopic (exact) mass is 261 g/mol. The minimum Gasteiger partial charge on any atom is -0.496 e. The van der Waals surface area contributed by atoms with Crippen molar-refractivity contribution >= 4 is 0 Å². The lowest BCUT2D eigenvalue weighted by Gasteiger charge is -2.15. The Morgan fingerprint density at radius 3 is 2.63 bits per heavy atom. The summed E-state index contributed by atoms with van der Waals surface area (Å²) in [6.07, 6.45) is 6.63. The zero-order valence-corrected chi connectivity index (χ0v) is 12.5. The first-order valence-corrected chi connectivity index (χ1v) is 7.61. The molecule has 1 fully saturated rings. The number of ether oxygens (including phenoxy) is 1. The van der Waals surface area contributed by atoms with E-state index in [2.05, 4.69) is 37.4 Å². The third-order valence-corrected chi connectivity index (χ3v) is 4.12. The molecule has 0 atom stereocenters. The number of rotatable bonds is 6. The Hall–Kier alpha value is -1.02. The Balaban J connectivity index is 1.90. The summed E-state index contributed by atoms with van der Waals surface area (Å²) in [5.41, 5.74) is 2.73. The molecule has 0 saturated heterocycles. The molecule has 1 N–H and O–H groups in total. The van der Waals surface area contributed by atoms with Crippen molar-refractivity contribution in [3.8, 4) is 5.75 Å². The third-order valence-electron chi connectivity index (χ3n) is 4.12. The van der Waals surface area contributed by atoms with Crippen molar-refractivity contribution in [2.75, 3.05) is 13.7 Å². The Labute approximate surface area is 117 Å². The van der Waals surface area contributed by atoms with Crippen LogP contribution in [0.2, 0.25) is 0 Å². The summed E-state index contributed by atoms with van der Waals surface area (Å²) in [5, 5.41) is 3.68. The average molecular weight is 261 g/mol. The molecule has 2 nitrogen and oxygen atoms in total. The van der Waals surface area contributed by atoms with Crippen molar-refractivity contribution in [2.24, 2.45) is 0 Å². The first-order valence-electron chi connectivity index (χ1n) is 7.61. The van der Waals surface area contributed by atoms with Gasteiger partial charge < -0.3 is 10.1 Å². The van der Waals surface area contributed by atoms with Gasteiger partial charge in [-0.2, -0.15) is 0 Å². The topological polar surface area (TPSA) is 21.3 Å². The van der Waals surface area contributed by atoms with Crippen molar-refractivity contribution in [2.45, 2.75) is 57.9 Å². The van der Waals surface area contributed by atoms with E-state index < -0.39 is 0 Å². The van der Waals surface area contributed by atoms with Gasteiger partial charge in [0, 0.05) is 6.04 Å². The first kappa shape index (κ1) is 14.4. The summed E-state index contributed by atoms with van der Waals surface area (Å²) in [6.45, 7) is 5.53. The fourth-order valence-corrected chi connectivity index (χ4v) is 2.94. The van der Waals surface area contributed by atoms with Crippen LogP contribution in [0.3, 0.4) is 0 Å². The predicted molar refractivity (Wildman–Crippen MR) is 81.0 cm³/mol. The number of nitrogens with one attached hydrogen (secondary N) is 1.